The molecule has 1 atom stereocenters. The van der Waals surface area contributed by atoms with Gasteiger partial charge in [0.2, 0.25) is 0 Å². The molecule has 4 nitrogen and oxygen atoms in total. The van der Waals surface area contributed by atoms with E-state index in [0.29, 0.717) is 18.1 Å². The van der Waals surface area contributed by atoms with Crippen molar-refractivity contribution in [1.29, 1.82) is 0 Å². The Labute approximate surface area is 121 Å². The van der Waals surface area contributed by atoms with E-state index in [-0.39, 0.29) is 18.5 Å². The molecule has 20 heavy (non-hydrogen) atoms. The number of hydrogen-bond donors (Lipinski definition) is 0. The first-order valence-corrected chi connectivity index (χ1v) is 7.08. The van der Waals surface area contributed by atoms with Gasteiger partial charge in [-0.25, -0.2) is 0 Å². The van der Waals surface area contributed by atoms with Gasteiger partial charge in [-0.3, -0.25) is 4.79 Å². The Hall–Kier alpha value is -1.71. The summed E-state index contributed by atoms with van der Waals surface area (Å²) in [5.74, 6) is 1.15. The zero-order chi connectivity index (χ0) is 15.0. The van der Waals surface area contributed by atoms with E-state index in [2.05, 4.69) is 6.92 Å². The predicted molar refractivity (Wildman–Crippen MR) is 78.0 cm³/mol. The molecule has 0 spiro atoms. The van der Waals surface area contributed by atoms with Gasteiger partial charge in [-0.15, -0.1) is 0 Å². The van der Waals surface area contributed by atoms with Gasteiger partial charge in [0, 0.05) is 0 Å². The van der Waals surface area contributed by atoms with E-state index in [0.717, 1.165) is 18.4 Å². The van der Waals surface area contributed by atoms with Crippen LogP contribution >= 0.6 is 0 Å². The van der Waals surface area contributed by atoms with E-state index in [1.54, 1.807) is 7.11 Å². The van der Waals surface area contributed by atoms with Crippen molar-refractivity contribution in [2.24, 2.45) is 5.92 Å². The Kier molecular flexibility index (Phi) is 6.91. The molecule has 1 unspecified atom stereocenters. The third-order valence-electron chi connectivity index (χ3n) is 3.03. The van der Waals surface area contributed by atoms with Crippen LogP contribution in [0.2, 0.25) is 0 Å². The first-order chi connectivity index (χ1) is 9.62. The first kappa shape index (κ1) is 16.3. The fraction of sp³-hybridized carbons (Fsp3) is 0.562. The van der Waals surface area contributed by atoms with Crippen molar-refractivity contribution in [3.63, 3.8) is 0 Å². The Morgan fingerprint density at radius 2 is 2.00 bits per heavy atom. The molecule has 0 bridgehead atoms. The molecule has 0 N–H and O–H groups in total. The summed E-state index contributed by atoms with van der Waals surface area (Å²) in [5, 5.41) is 0. The van der Waals surface area contributed by atoms with Gasteiger partial charge in [0.25, 0.3) is 0 Å². The lowest BCUT2D eigenvalue weighted by atomic mass is 10.1. The van der Waals surface area contributed by atoms with Gasteiger partial charge < -0.3 is 14.2 Å². The van der Waals surface area contributed by atoms with Crippen molar-refractivity contribution in [1.82, 2.24) is 0 Å². The zero-order valence-corrected chi connectivity index (χ0v) is 12.8. The highest BCUT2D eigenvalue weighted by Crippen LogP contribution is 2.28. The average molecular weight is 280 g/mol. The number of benzene rings is 1. The number of carbonyl (C=O) groups is 1. The second kappa shape index (κ2) is 8.46. The summed E-state index contributed by atoms with van der Waals surface area (Å²) >= 11 is 0. The lowest BCUT2D eigenvalue weighted by molar-refractivity contribution is -0.149. The maximum Gasteiger partial charge on any atom is 0.308 e. The first-order valence-electron chi connectivity index (χ1n) is 7.08. The molecule has 0 aliphatic heterocycles. The highest BCUT2D eigenvalue weighted by atomic mass is 16.5. The minimum atomic E-state index is -0.153. The van der Waals surface area contributed by atoms with E-state index in [9.17, 15) is 4.79 Å². The number of esters is 1. The van der Waals surface area contributed by atoms with Gasteiger partial charge in [-0.2, -0.15) is 0 Å². The summed E-state index contributed by atoms with van der Waals surface area (Å²) in [6, 6.07) is 5.55. The molecule has 0 aromatic heterocycles. The van der Waals surface area contributed by atoms with Crippen LogP contribution in [0.3, 0.4) is 0 Å². The zero-order valence-electron chi connectivity index (χ0n) is 12.8. The lowest BCUT2D eigenvalue weighted by Crippen LogP contribution is -2.14. The number of carbonyl (C=O) groups excluding carboxylic acids is 1. The molecule has 1 aromatic carbocycles. The number of ether oxygens (including phenoxy) is 3. The molecular weight excluding hydrogens is 256 g/mol. The summed E-state index contributed by atoms with van der Waals surface area (Å²) in [5.41, 5.74) is 0.891. The number of rotatable bonds is 8. The van der Waals surface area contributed by atoms with Crippen LogP contribution in [0.4, 0.5) is 0 Å². The largest absolute Gasteiger partial charge is 0.493 e. The maximum absolute atomic E-state index is 11.8. The second-order valence-corrected chi connectivity index (χ2v) is 4.72. The molecule has 1 rings (SSSR count). The molecule has 1 aromatic rings. The third-order valence-corrected chi connectivity index (χ3v) is 3.03. The van der Waals surface area contributed by atoms with E-state index in [1.807, 2.05) is 32.0 Å². The highest BCUT2D eigenvalue weighted by Gasteiger charge is 2.14. The van der Waals surface area contributed by atoms with Crippen LogP contribution in [-0.4, -0.2) is 19.7 Å². The van der Waals surface area contributed by atoms with Crippen molar-refractivity contribution in [3.8, 4) is 11.5 Å². The van der Waals surface area contributed by atoms with Crippen molar-refractivity contribution in [2.75, 3.05) is 13.7 Å². The van der Waals surface area contributed by atoms with E-state index >= 15 is 0 Å². The maximum atomic E-state index is 11.8. The number of hydrogen-bond acceptors (Lipinski definition) is 4. The Morgan fingerprint density at radius 3 is 2.60 bits per heavy atom. The molecule has 0 saturated carbocycles. The Morgan fingerprint density at radius 1 is 1.25 bits per heavy atom. The fourth-order valence-electron chi connectivity index (χ4n) is 1.92. The molecule has 112 valence electrons. The fourth-order valence-corrected chi connectivity index (χ4v) is 1.92. The van der Waals surface area contributed by atoms with Crippen molar-refractivity contribution in [3.05, 3.63) is 23.8 Å². The van der Waals surface area contributed by atoms with Gasteiger partial charge in [0.05, 0.1) is 19.6 Å². The smallest absolute Gasteiger partial charge is 0.308 e. The molecule has 0 fully saturated rings. The summed E-state index contributed by atoms with van der Waals surface area (Å²) in [7, 11) is 1.59. The minimum absolute atomic E-state index is 0.0513. The monoisotopic (exact) mass is 280 g/mol. The molecule has 4 heteroatoms. The van der Waals surface area contributed by atoms with Gasteiger partial charge in [0.15, 0.2) is 11.5 Å². The minimum Gasteiger partial charge on any atom is -0.493 e. The van der Waals surface area contributed by atoms with Gasteiger partial charge >= 0.3 is 5.97 Å². The van der Waals surface area contributed by atoms with E-state index in [1.165, 1.54) is 0 Å². The SMILES string of the molecule is CCCC(C)C(=O)OCc1ccc(OCC)c(OC)c1. The van der Waals surface area contributed by atoms with Crippen molar-refractivity contribution in [2.45, 2.75) is 40.2 Å². The number of methoxy groups -OCH3 is 1. The molecule has 0 aliphatic carbocycles. The van der Waals surface area contributed by atoms with Crippen LogP contribution < -0.4 is 9.47 Å². The highest BCUT2D eigenvalue weighted by molar-refractivity contribution is 5.71. The average Bonchev–Trinajstić information content (AvgIpc) is 2.46. The van der Waals surface area contributed by atoms with E-state index in [4.69, 9.17) is 14.2 Å². The summed E-state index contributed by atoms with van der Waals surface area (Å²) in [4.78, 5) is 11.8. The van der Waals surface area contributed by atoms with Crippen LogP contribution in [0.15, 0.2) is 18.2 Å². The summed E-state index contributed by atoms with van der Waals surface area (Å²) in [6.07, 6.45) is 1.83. The van der Waals surface area contributed by atoms with E-state index < -0.39 is 0 Å². The van der Waals surface area contributed by atoms with Crippen LogP contribution in [0.1, 0.15) is 39.2 Å². The Balaban J connectivity index is 2.62. The van der Waals surface area contributed by atoms with Crippen LogP contribution in [0, 0.1) is 5.92 Å². The molecule has 0 saturated heterocycles. The van der Waals surface area contributed by atoms with Crippen molar-refractivity contribution < 1.29 is 19.0 Å². The second-order valence-electron chi connectivity index (χ2n) is 4.72. The molecule has 0 amide bonds. The van der Waals surface area contributed by atoms with Gasteiger partial charge in [-0.1, -0.05) is 26.3 Å². The standard InChI is InChI=1S/C16H24O4/c1-5-7-12(3)16(17)20-11-13-8-9-14(19-6-2)15(10-13)18-4/h8-10,12H,5-7,11H2,1-4H3. The summed E-state index contributed by atoms with van der Waals surface area (Å²) < 4.78 is 16.0. The topological polar surface area (TPSA) is 44.8 Å². The van der Waals surface area contributed by atoms with Gasteiger partial charge in [0.1, 0.15) is 6.61 Å². The van der Waals surface area contributed by atoms with Gasteiger partial charge in [-0.05, 0) is 31.0 Å². The molecule has 0 radical (unpaired) electrons. The molecule has 0 heterocycles. The molecule has 0 aliphatic rings. The van der Waals surface area contributed by atoms with Crippen LogP contribution in [0.5, 0.6) is 11.5 Å². The van der Waals surface area contributed by atoms with Crippen LogP contribution in [0.25, 0.3) is 0 Å². The summed E-state index contributed by atoms with van der Waals surface area (Å²) in [6.45, 7) is 6.71. The predicted octanol–water partition coefficient (Wildman–Crippen LogP) is 3.57. The molecular formula is C16H24O4. The Bertz CT molecular complexity index is 428. The van der Waals surface area contributed by atoms with Crippen molar-refractivity contribution >= 4 is 5.97 Å². The third kappa shape index (κ3) is 4.76. The van der Waals surface area contributed by atoms with Crippen LogP contribution in [-0.2, 0) is 16.1 Å². The quantitative estimate of drug-likeness (QED) is 0.683. The normalized spacial score (nSPS) is 11.8. The lowest BCUT2D eigenvalue weighted by Gasteiger charge is -2.13.